The van der Waals surface area contributed by atoms with Crippen molar-refractivity contribution in [3.63, 3.8) is 0 Å². The van der Waals surface area contributed by atoms with E-state index in [1.54, 1.807) is 4.90 Å². The summed E-state index contributed by atoms with van der Waals surface area (Å²) in [6, 6.07) is 7.99. The van der Waals surface area contributed by atoms with Gasteiger partial charge in [-0.05, 0) is 31.0 Å². The van der Waals surface area contributed by atoms with Gasteiger partial charge in [-0.25, -0.2) is 0 Å². The van der Waals surface area contributed by atoms with Gasteiger partial charge in [0.2, 0.25) is 11.8 Å². The van der Waals surface area contributed by atoms with Crippen molar-refractivity contribution >= 4 is 17.5 Å². The molecule has 2 amide bonds. The van der Waals surface area contributed by atoms with Crippen molar-refractivity contribution in [1.29, 1.82) is 0 Å². The lowest BCUT2D eigenvalue weighted by Gasteiger charge is -2.41. The molecule has 1 aromatic rings. The van der Waals surface area contributed by atoms with Crippen molar-refractivity contribution in [3.8, 4) is 0 Å². The number of methoxy groups -OCH3 is 1. The Morgan fingerprint density at radius 3 is 2.83 bits per heavy atom. The molecular weight excluding hydrogens is 292 g/mol. The lowest BCUT2D eigenvalue weighted by atomic mass is 10.0. The van der Waals surface area contributed by atoms with Gasteiger partial charge in [-0.15, -0.1) is 0 Å². The van der Waals surface area contributed by atoms with Crippen molar-refractivity contribution in [1.82, 2.24) is 4.90 Å². The van der Waals surface area contributed by atoms with Crippen LogP contribution in [0.15, 0.2) is 24.3 Å². The molecule has 5 heteroatoms. The first-order valence-corrected chi connectivity index (χ1v) is 8.22. The van der Waals surface area contributed by atoms with Crippen LogP contribution in [0.5, 0.6) is 0 Å². The molecule has 0 N–H and O–H groups in total. The van der Waals surface area contributed by atoms with Crippen LogP contribution in [0.4, 0.5) is 5.69 Å². The van der Waals surface area contributed by atoms with Gasteiger partial charge >= 0.3 is 0 Å². The Morgan fingerprint density at radius 1 is 1.39 bits per heavy atom. The maximum absolute atomic E-state index is 12.5. The van der Waals surface area contributed by atoms with Crippen molar-refractivity contribution < 1.29 is 14.3 Å². The summed E-state index contributed by atoms with van der Waals surface area (Å²) in [4.78, 5) is 28.3. The zero-order chi connectivity index (χ0) is 16.8. The van der Waals surface area contributed by atoms with Gasteiger partial charge in [-0.2, -0.15) is 0 Å². The van der Waals surface area contributed by atoms with E-state index in [1.807, 2.05) is 36.1 Å². The minimum atomic E-state index is -0.106. The van der Waals surface area contributed by atoms with Crippen LogP contribution in [-0.4, -0.2) is 49.6 Å². The van der Waals surface area contributed by atoms with Crippen LogP contribution in [0.25, 0.3) is 0 Å². The number of ether oxygens (including phenoxy) is 1. The van der Waals surface area contributed by atoms with E-state index in [0.29, 0.717) is 6.54 Å². The number of carbonyl (C=O) groups excluding carboxylic acids is 2. The molecule has 0 aromatic heterocycles. The molecular formula is C18H26N2O3. The van der Waals surface area contributed by atoms with E-state index in [-0.39, 0.29) is 31.0 Å². The number of benzene rings is 1. The zero-order valence-corrected chi connectivity index (χ0v) is 14.2. The molecule has 126 valence electrons. The van der Waals surface area contributed by atoms with Crippen LogP contribution >= 0.6 is 0 Å². The molecule has 2 rings (SSSR count). The van der Waals surface area contributed by atoms with E-state index in [9.17, 15) is 9.59 Å². The van der Waals surface area contributed by atoms with E-state index >= 15 is 0 Å². The molecule has 0 radical (unpaired) electrons. The number of nitrogens with zero attached hydrogens (tertiary/aromatic N) is 2. The van der Waals surface area contributed by atoms with E-state index in [0.717, 1.165) is 30.5 Å². The fourth-order valence-electron chi connectivity index (χ4n) is 3.00. The topological polar surface area (TPSA) is 49.9 Å². The van der Waals surface area contributed by atoms with Crippen LogP contribution in [0.2, 0.25) is 0 Å². The van der Waals surface area contributed by atoms with Gasteiger partial charge in [0.15, 0.2) is 0 Å². The summed E-state index contributed by atoms with van der Waals surface area (Å²) in [5, 5.41) is 0. The number of rotatable bonds is 6. The predicted octanol–water partition coefficient (Wildman–Crippen LogP) is 2.38. The smallest absolute Gasteiger partial charge is 0.249 e. The van der Waals surface area contributed by atoms with Crippen molar-refractivity contribution in [2.45, 2.75) is 39.2 Å². The largest absolute Gasteiger partial charge is 0.375 e. The molecule has 1 aliphatic rings. The Kier molecular flexibility index (Phi) is 6.16. The number of carbonyl (C=O) groups is 2. The Balaban J connectivity index is 2.19. The number of amides is 2. The molecule has 0 aliphatic carbocycles. The van der Waals surface area contributed by atoms with Crippen molar-refractivity contribution in [2.75, 3.05) is 31.7 Å². The zero-order valence-electron chi connectivity index (χ0n) is 14.2. The SMILES string of the molecule is CCCC[C@H]1CN(c2cccc(C)c2)C(=O)CN1C(=O)COC. The Bertz CT molecular complexity index is 559. The molecule has 0 bridgehead atoms. The maximum Gasteiger partial charge on any atom is 0.249 e. The van der Waals surface area contributed by atoms with Gasteiger partial charge < -0.3 is 14.5 Å². The molecule has 1 saturated heterocycles. The first-order valence-electron chi connectivity index (χ1n) is 8.22. The second kappa shape index (κ2) is 8.11. The fraction of sp³-hybridized carbons (Fsp3) is 0.556. The third-order valence-electron chi connectivity index (χ3n) is 4.23. The summed E-state index contributed by atoms with van der Waals surface area (Å²) < 4.78 is 4.96. The first kappa shape index (κ1) is 17.5. The third-order valence-corrected chi connectivity index (χ3v) is 4.23. The Labute approximate surface area is 138 Å². The van der Waals surface area contributed by atoms with Gasteiger partial charge in [-0.3, -0.25) is 9.59 Å². The molecule has 0 spiro atoms. The standard InChI is InChI=1S/C18H26N2O3/c1-4-5-8-16-11-19(15-9-6-7-14(2)10-15)17(21)12-20(16)18(22)13-23-3/h6-7,9-10,16H,4-5,8,11-13H2,1-3H3/t16-/m0/s1. The second-order valence-corrected chi connectivity index (χ2v) is 6.09. The Morgan fingerprint density at radius 2 is 2.17 bits per heavy atom. The third kappa shape index (κ3) is 4.32. The second-order valence-electron chi connectivity index (χ2n) is 6.09. The van der Waals surface area contributed by atoms with Crippen molar-refractivity contribution in [2.24, 2.45) is 0 Å². The van der Waals surface area contributed by atoms with Crippen LogP contribution < -0.4 is 4.90 Å². The number of piperazine rings is 1. The molecule has 1 aliphatic heterocycles. The summed E-state index contributed by atoms with van der Waals surface area (Å²) in [6.07, 6.45) is 3.01. The average Bonchev–Trinajstić information content (AvgIpc) is 2.53. The Hall–Kier alpha value is -1.88. The van der Waals surface area contributed by atoms with E-state index < -0.39 is 0 Å². The number of hydrogen-bond acceptors (Lipinski definition) is 3. The molecule has 0 saturated carbocycles. The number of anilines is 1. The fourth-order valence-corrected chi connectivity index (χ4v) is 3.00. The normalized spacial score (nSPS) is 18.4. The number of aryl methyl sites for hydroxylation is 1. The minimum absolute atomic E-state index is 0.0281. The van der Waals surface area contributed by atoms with E-state index in [4.69, 9.17) is 4.74 Å². The average molecular weight is 318 g/mol. The quantitative estimate of drug-likeness (QED) is 0.809. The van der Waals surface area contributed by atoms with Gasteiger partial charge in [-0.1, -0.05) is 31.9 Å². The minimum Gasteiger partial charge on any atom is -0.375 e. The molecule has 1 heterocycles. The molecule has 1 fully saturated rings. The summed E-state index contributed by atoms with van der Waals surface area (Å²) in [5.41, 5.74) is 2.04. The lowest BCUT2D eigenvalue weighted by molar-refractivity contribution is -0.143. The molecule has 0 unspecified atom stereocenters. The van der Waals surface area contributed by atoms with Crippen LogP contribution in [0.3, 0.4) is 0 Å². The van der Waals surface area contributed by atoms with Crippen LogP contribution in [-0.2, 0) is 14.3 Å². The summed E-state index contributed by atoms with van der Waals surface area (Å²) in [5.74, 6) is -0.140. The van der Waals surface area contributed by atoms with Gasteiger partial charge in [0.1, 0.15) is 13.2 Å². The highest BCUT2D eigenvalue weighted by Crippen LogP contribution is 2.23. The maximum atomic E-state index is 12.5. The number of unbranched alkanes of at least 4 members (excludes halogenated alkanes) is 1. The van der Waals surface area contributed by atoms with Gasteiger partial charge in [0.25, 0.3) is 0 Å². The lowest BCUT2D eigenvalue weighted by Crippen LogP contribution is -2.58. The summed E-state index contributed by atoms with van der Waals surface area (Å²) in [7, 11) is 1.50. The molecule has 5 nitrogen and oxygen atoms in total. The highest BCUT2D eigenvalue weighted by Gasteiger charge is 2.35. The highest BCUT2D eigenvalue weighted by molar-refractivity contribution is 5.98. The van der Waals surface area contributed by atoms with Crippen molar-refractivity contribution in [3.05, 3.63) is 29.8 Å². The van der Waals surface area contributed by atoms with E-state index in [2.05, 4.69) is 6.92 Å². The molecule has 1 aromatic carbocycles. The monoisotopic (exact) mass is 318 g/mol. The highest BCUT2D eigenvalue weighted by atomic mass is 16.5. The molecule has 1 atom stereocenters. The van der Waals surface area contributed by atoms with Crippen LogP contribution in [0.1, 0.15) is 31.7 Å². The van der Waals surface area contributed by atoms with E-state index in [1.165, 1.54) is 7.11 Å². The van der Waals surface area contributed by atoms with Gasteiger partial charge in [0, 0.05) is 19.3 Å². The first-order chi connectivity index (χ1) is 11.1. The predicted molar refractivity (Wildman–Crippen MR) is 90.4 cm³/mol. The number of hydrogen-bond donors (Lipinski definition) is 0. The molecule has 23 heavy (non-hydrogen) atoms. The summed E-state index contributed by atoms with van der Waals surface area (Å²) >= 11 is 0. The summed E-state index contributed by atoms with van der Waals surface area (Å²) in [6.45, 7) is 4.86. The van der Waals surface area contributed by atoms with Crippen LogP contribution in [0, 0.1) is 6.92 Å². The van der Waals surface area contributed by atoms with Gasteiger partial charge in [0.05, 0.1) is 6.04 Å².